The molecule has 0 saturated carbocycles. The van der Waals surface area contributed by atoms with E-state index in [1.165, 1.54) is 47.4 Å². The highest BCUT2D eigenvalue weighted by Gasteiger charge is 2.27. The molecule has 11 heteroatoms. The average Bonchev–Trinajstić information content (AvgIpc) is 3.08. The van der Waals surface area contributed by atoms with Crippen molar-refractivity contribution in [1.82, 2.24) is 0 Å². The number of carbonyl (C=O) groups is 3. The number of carbonyl (C=O) groups excluding carboxylic acids is 3. The van der Waals surface area contributed by atoms with Crippen LogP contribution in [-0.2, 0) is 22.4 Å². The van der Waals surface area contributed by atoms with E-state index in [9.17, 15) is 24.5 Å². The van der Waals surface area contributed by atoms with Gasteiger partial charge in [-0.3, -0.25) is 19.7 Å². The highest BCUT2D eigenvalue weighted by Crippen LogP contribution is 2.38. The van der Waals surface area contributed by atoms with E-state index in [1.54, 1.807) is 32.0 Å². The molecule has 0 spiro atoms. The van der Waals surface area contributed by atoms with Gasteiger partial charge in [0.05, 0.1) is 22.3 Å². The number of esters is 1. The summed E-state index contributed by atoms with van der Waals surface area (Å²) in [7, 11) is 0. The van der Waals surface area contributed by atoms with E-state index in [0.29, 0.717) is 16.3 Å². The molecule has 0 radical (unpaired) electrons. The van der Waals surface area contributed by atoms with E-state index < -0.39 is 22.0 Å². The van der Waals surface area contributed by atoms with Gasteiger partial charge in [0.25, 0.3) is 11.6 Å². The van der Waals surface area contributed by atoms with Gasteiger partial charge in [-0.25, -0.2) is 4.79 Å². The summed E-state index contributed by atoms with van der Waals surface area (Å²) in [6.07, 6.45) is 4.87. The number of nitrogens with zero attached hydrogens (tertiary/aromatic N) is 1. The highest BCUT2D eigenvalue weighted by molar-refractivity contribution is 8.00. The standard InChI is InChI=1S/C28H29N3O6S2/c1-3-37-28(34)24-22-13-5-4-6-14-23(22)39-27(24)30-25(32)17(2)38-21-12-8-10-19(16-21)29-26(33)18-9-7-11-20(15-18)31(35)36/h7-12,15-17H,3-6,13-14H2,1-2H3,(H,29,33)(H,30,32). The number of nitro groups is 1. The number of hydrogen-bond donors (Lipinski definition) is 2. The molecule has 1 aliphatic rings. The number of benzene rings is 2. The van der Waals surface area contributed by atoms with E-state index in [1.807, 2.05) is 6.07 Å². The van der Waals surface area contributed by atoms with Crippen LogP contribution in [0.15, 0.2) is 53.4 Å². The minimum Gasteiger partial charge on any atom is -0.462 e. The summed E-state index contributed by atoms with van der Waals surface area (Å²) in [6, 6.07) is 12.5. The first kappa shape index (κ1) is 28.3. The van der Waals surface area contributed by atoms with E-state index in [0.717, 1.165) is 47.4 Å². The summed E-state index contributed by atoms with van der Waals surface area (Å²) < 4.78 is 5.31. The van der Waals surface area contributed by atoms with Crippen molar-refractivity contribution >= 4 is 57.3 Å². The first-order valence-electron chi connectivity index (χ1n) is 12.7. The summed E-state index contributed by atoms with van der Waals surface area (Å²) >= 11 is 2.77. The van der Waals surface area contributed by atoms with Gasteiger partial charge in [-0.1, -0.05) is 18.6 Å². The van der Waals surface area contributed by atoms with Crippen molar-refractivity contribution in [2.45, 2.75) is 56.1 Å². The Morgan fingerprint density at radius 1 is 1.08 bits per heavy atom. The predicted molar refractivity (Wildman–Crippen MR) is 153 cm³/mol. The molecule has 1 atom stereocenters. The molecule has 39 heavy (non-hydrogen) atoms. The van der Waals surface area contributed by atoms with Crippen LogP contribution in [-0.4, -0.2) is 34.6 Å². The second-order valence-corrected chi connectivity index (χ2v) is 11.5. The Hall–Kier alpha value is -3.70. The van der Waals surface area contributed by atoms with Crippen molar-refractivity contribution in [2.75, 3.05) is 17.2 Å². The average molecular weight is 568 g/mol. The fourth-order valence-corrected chi connectivity index (χ4v) is 6.54. The van der Waals surface area contributed by atoms with Crippen LogP contribution in [0, 0.1) is 10.1 Å². The molecule has 4 rings (SSSR count). The normalized spacial score (nSPS) is 13.5. The van der Waals surface area contributed by atoms with Crippen molar-refractivity contribution in [3.05, 3.63) is 80.2 Å². The third kappa shape index (κ3) is 7.04. The second-order valence-electron chi connectivity index (χ2n) is 9.03. The predicted octanol–water partition coefficient (Wildman–Crippen LogP) is 6.47. The number of rotatable bonds is 9. The summed E-state index contributed by atoms with van der Waals surface area (Å²) in [5.74, 6) is -1.12. The number of aryl methyl sites for hydroxylation is 1. The quantitative estimate of drug-likeness (QED) is 0.0997. The number of fused-ring (bicyclic) bond motifs is 1. The number of thiophene rings is 1. The number of hydrogen-bond acceptors (Lipinski definition) is 8. The largest absolute Gasteiger partial charge is 0.462 e. The molecule has 0 bridgehead atoms. The molecule has 0 aliphatic heterocycles. The molecule has 2 N–H and O–H groups in total. The Morgan fingerprint density at radius 3 is 2.62 bits per heavy atom. The number of nitrogens with one attached hydrogen (secondary N) is 2. The lowest BCUT2D eigenvalue weighted by Crippen LogP contribution is -2.23. The van der Waals surface area contributed by atoms with Crippen LogP contribution in [0.5, 0.6) is 0 Å². The first-order valence-corrected chi connectivity index (χ1v) is 14.4. The zero-order valence-corrected chi connectivity index (χ0v) is 23.3. The van der Waals surface area contributed by atoms with E-state index in [2.05, 4.69) is 10.6 Å². The Labute approximate surface area is 234 Å². The van der Waals surface area contributed by atoms with E-state index >= 15 is 0 Å². The number of ether oxygens (including phenoxy) is 1. The second kappa shape index (κ2) is 12.9. The van der Waals surface area contributed by atoms with Gasteiger partial charge in [-0.05, 0) is 69.4 Å². The van der Waals surface area contributed by atoms with Gasteiger partial charge < -0.3 is 15.4 Å². The van der Waals surface area contributed by atoms with E-state index in [-0.39, 0.29) is 23.8 Å². The highest BCUT2D eigenvalue weighted by atomic mass is 32.2. The Balaban J connectivity index is 1.44. The summed E-state index contributed by atoms with van der Waals surface area (Å²) in [6.45, 7) is 3.80. The Kier molecular flexibility index (Phi) is 9.36. The fourth-order valence-electron chi connectivity index (χ4n) is 4.33. The lowest BCUT2D eigenvalue weighted by molar-refractivity contribution is -0.384. The van der Waals surface area contributed by atoms with E-state index in [4.69, 9.17) is 4.74 Å². The third-order valence-electron chi connectivity index (χ3n) is 6.23. The van der Waals surface area contributed by atoms with Crippen LogP contribution >= 0.6 is 23.1 Å². The molecule has 1 aliphatic carbocycles. The van der Waals surface area contributed by atoms with Crippen molar-refractivity contribution in [1.29, 1.82) is 0 Å². The number of anilines is 2. The maximum atomic E-state index is 13.2. The molecule has 1 heterocycles. The topological polar surface area (TPSA) is 128 Å². The maximum absolute atomic E-state index is 13.2. The van der Waals surface area contributed by atoms with Crippen LogP contribution < -0.4 is 10.6 Å². The first-order chi connectivity index (χ1) is 18.8. The molecular weight excluding hydrogens is 538 g/mol. The lowest BCUT2D eigenvalue weighted by atomic mass is 10.1. The van der Waals surface area contributed by atoms with Crippen molar-refractivity contribution < 1.29 is 24.0 Å². The van der Waals surface area contributed by atoms with Gasteiger partial charge in [-0.15, -0.1) is 23.1 Å². The van der Waals surface area contributed by atoms with Crippen molar-refractivity contribution in [3.8, 4) is 0 Å². The molecule has 0 fully saturated rings. The van der Waals surface area contributed by atoms with Crippen molar-refractivity contribution in [3.63, 3.8) is 0 Å². The number of amides is 2. The van der Waals surface area contributed by atoms with Gasteiger partial charge in [0.1, 0.15) is 5.00 Å². The number of non-ortho nitro benzene ring substituents is 1. The van der Waals surface area contributed by atoms with Gasteiger partial charge in [-0.2, -0.15) is 0 Å². The van der Waals surface area contributed by atoms with Crippen LogP contribution in [0.4, 0.5) is 16.4 Å². The van der Waals surface area contributed by atoms with Gasteiger partial charge in [0, 0.05) is 33.2 Å². The van der Waals surface area contributed by atoms with Crippen LogP contribution in [0.2, 0.25) is 0 Å². The van der Waals surface area contributed by atoms with Crippen LogP contribution in [0.1, 0.15) is 64.3 Å². The van der Waals surface area contributed by atoms with Crippen molar-refractivity contribution in [2.24, 2.45) is 0 Å². The molecule has 9 nitrogen and oxygen atoms in total. The Morgan fingerprint density at radius 2 is 1.85 bits per heavy atom. The van der Waals surface area contributed by atoms with Crippen LogP contribution in [0.25, 0.3) is 0 Å². The molecule has 2 aromatic carbocycles. The maximum Gasteiger partial charge on any atom is 0.341 e. The van der Waals surface area contributed by atoms with Crippen LogP contribution in [0.3, 0.4) is 0 Å². The molecule has 2 amide bonds. The SMILES string of the molecule is CCOC(=O)c1c(NC(=O)C(C)Sc2cccc(NC(=O)c3cccc([N+](=O)[O-])c3)c2)sc2c1CCCCC2. The van der Waals surface area contributed by atoms with Gasteiger partial charge in [0.2, 0.25) is 5.91 Å². The van der Waals surface area contributed by atoms with Gasteiger partial charge >= 0.3 is 5.97 Å². The molecule has 3 aromatic rings. The number of thioether (sulfide) groups is 1. The zero-order valence-electron chi connectivity index (χ0n) is 21.7. The molecule has 0 saturated heterocycles. The summed E-state index contributed by atoms with van der Waals surface area (Å²) in [5.41, 5.74) is 1.98. The lowest BCUT2D eigenvalue weighted by Gasteiger charge is -2.14. The Bertz CT molecular complexity index is 1400. The minimum atomic E-state index is -0.553. The summed E-state index contributed by atoms with van der Waals surface area (Å²) in [4.78, 5) is 50.9. The van der Waals surface area contributed by atoms with Gasteiger partial charge in [0.15, 0.2) is 0 Å². The minimum absolute atomic E-state index is 0.167. The smallest absolute Gasteiger partial charge is 0.341 e. The molecule has 1 aromatic heterocycles. The molecular formula is C28H29N3O6S2. The molecule has 204 valence electrons. The third-order valence-corrected chi connectivity index (χ3v) is 8.53. The zero-order chi connectivity index (χ0) is 27.9. The fraction of sp³-hybridized carbons (Fsp3) is 0.321. The number of nitro benzene ring substituents is 1. The summed E-state index contributed by atoms with van der Waals surface area (Å²) in [5, 5.41) is 16.8. The monoisotopic (exact) mass is 567 g/mol. The molecule has 1 unspecified atom stereocenters.